The van der Waals surface area contributed by atoms with E-state index in [2.05, 4.69) is 34.9 Å². The summed E-state index contributed by atoms with van der Waals surface area (Å²) in [6.45, 7) is 1.04. The van der Waals surface area contributed by atoms with Crippen molar-refractivity contribution in [3.8, 4) is 0 Å². The van der Waals surface area contributed by atoms with E-state index in [-0.39, 0.29) is 11.9 Å². The highest BCUT2D eigenvalue weighted by Gasteiger charge is 2.39. The second-order valence-electron chi connectivity index (χ2n) is 5.65. The Bertz CT molecular complexity index is 623. The number of para-hydroxylation sites is 1. The predicted octanol–water partition coefficient (Wildman–Crippen LogP) is 3.64. The van der Waals surface area contributed by atoms with Gasteiger partial charge in [0.25, 0.3) is 0 Å². The minimum atomic E-state index is -0.175. The maximum absolute atomic E-state index is 13.1. The zero-order valence-corrected chi connectivity index (χ0v) is 11.1. The lowest BCUT2D eigenvalue weighted by molar-refractivity contribution is 0.390. The first kappa shape index (κ1) is 11.9. The van der Waals surface area contributed by atoms with Crippen LogP contribution in [0.5, 0.6) is 0 Å². The highest BCUT2D eigenvalue weighted by atomic mass is 19.1. The van der Waals surface area contributed by atoms with Gasteiger partial charge in [0, 0.05) is 17.6 Å². The Morgan fingerprint density at radius 3 is 2.60 bits per heavy atom. The maximum atomic E-state index is 13.1. The Balaban J connectivity index is 1.76. The van der Waals surface area contributed by atoms with Crippen molar-refractivity contribution in [3.05, 3.63) is 65.5 Å². The second kappa shape index (κ2) is 4.60. The molecule has 20 heavy (non-hydrogen) atoms. The van der Waals surface area contributed by atoms with Crippen molar-refractivity contribution in [3.63, 3.8) is 0 Å². The van der Waals surface area contributed by atoms with Crippen LogP contribution >= 0.6 is 0 Å². The molecule has 102 valence electrons. The van der Waals surface area contributed by atoms with Gasteiger partial charge in [0.15, 0.2) is 0 Å². The molecule has 2 heterocycles. The van der Waals surface area contributed by atoms with Gasteiger partial charge in [0.05, 0.1) is 6.04 Å². The molecular formula is C17H17FN2. The zero-order valence-electron chi connectivity index (χ0n) is 11.1. The number of anilines is 1. The third kappa shape index (κ3) is 1.81. The largest absolute Gasteiger partial charge is 0.378 e. The lowest BCUT2D eigenvalue weighted by atomic mass is 9.80. The summed E-state index contributed by atoms with van der Waals surface area (Å²) < 4.78 is 13.1. The van der Waals surface area contributed by atoms with Crippen LogP contribution in [0.1, 0.15) is 29.6 Å². The van der Waals surface area contributed by atoms with Crippen LogP contribution in [0.2, 0.25) is 0 Å². The summed E-state index contributed by atoms with van der Waals surface area (Å²) >= 11 is 0. The van der Waals surface area contributed by atoms with Crippen molar-refractivity contribution in [1.29, 1.82) is 0 Å². The highest BCUT2D eigenvalue weighted by Crippen LogP contribution is 2.46. The molecule has 0 aromatic heterocycles. The number of hydrogen-bond donors (Lipinski definition) is 2. The van der Waals surface area contributed by atoms with E-state index in [1.54, 1.807) is 12.1 Å². The number of hydrogen-bond acceptors (Lipinski definition) is 2. The number of rotatable bonds is 1. The van der Waals surface area contributed by atoms with E-state index < -0.39 is 0 Å². The van der Waals surface area contributed by atoms with Crippen LogP contribution in [0.15, 0.2) is 48.5 Å². The average molecular weight is 268 g/mol. The molecule has 2 N–H and O–H groups in total. The summed E-state index contributed by atoms with van der Waals surface area (Å²) in [7, 11) is 0. The van der Waals surface area contributed by atoms with Crippen molar-refractivity contribution in [2.45, 2.75) is 18.5 Å². The Morgan fingerprint density at radius 2 is 1.75 bits per heavy atom. The topological polar surface area (TPSA) is 24.1 Å². The molecule has 2 aliphatic rings. The molecule has 0 radical (unpaired) electrons. The van der Waals surface area contributed by atoms with Crippen LogP contribution < -0.4 is 10.6 Å². The molecule has 0 spiro atoms. The molecule has 2 aromatic carbocycles. The molecule has 0 unspecified atom stereocenters. The zero-order chi connectivity index (χ0) is 13.5. The molecule has 2 nitrogen and oxygen atoms in total. The molecule has 1 saturated heterocycles. The van der Waals surface area contributed by atoms with Crippen molar-refractivity contribution in [2.75, 3.05) is 11.9 Å². The molecule has 3 atom stereocenters. The fourth-order valence-corrected chi connectivity index (χ4v) is 3.60. The third-order valence-corrected chi connectivity index (χ3v) is 4.53. The van der Waals surface area contributed by atoms with Crippen molar-refractivity contribution >= 4 is 5.69 Å². The SMILES string of the molecule is Fc1ccc([C@@H]2Nc3ccccc3[C@@H]3NCC[C@@H]23)cc1. The summed E-state index contributed by atoms with van der Waals surface area (Å²) in [4.78, 5) is 0. The summed E-state index contributed by atoms with van der Waals surface area (Å²) in [6.07, 6.45) is 1.15. The molecule has 0 bridgehead atoms. The van der Waals surface area contributed by atoms with Crippen molar-refractivity contribution < 1.29 is 4.39 Å². The van der Waals surface area contributed by atoms with E-state index >= 15 is 0 Å². The van der Waals surface area contributed by atoms with Crippen molar-refractivity contribution in [1.82, 2.24) is 5.32 Å². The van der Waals surface area contributed by atoms with Crippen molar-refractivity contribution in [2.24, 2.45) is 5.92 Å². The van der Waals surface area contributed by atoms with Gasteiger partial charge in [-0.15, -0.1) is 0 Å². The number of nitrogens with one attached hydrogen (secondary N) is 2. The number of benzene rings is 2. The van der Waals surface area contributed by atoms with Crippen LogP contribution in [0, 0.1) is 11.7 Å². The average Bonchev–Trinajstić information content (AvgIpc) is 2.97. The normalized spacial score (nSPS) is 27.6. The molecule has 0 saturated carbocycles. The van der Waals surface area contributed by atoms with Gasteiger partial charge in [-0.3, -0.25) is 0 Å². The molecular weight excluding hydrogens is 251 g/mol. The van der Waals surface area contributed by atoms with Crippen LogP contribution in [0.3, 0.4) is 0 Å². The smallest absolute Gasteiger partial charge is 0.123 e. The van der Waals surface area contributed by atoms with Gasteiger partial charge < -0.3 is 10.6 Å². The Morgan fingerprint density at radius 1 is 0.950 bits per heavy atom. The summed E-state index contributed by atoms with van der Waals surface area (Å²) in [6, 6.07) is 16.0. The van der Waals surface area contributed by atoms with Gasteiger partial charge in [-0.25, -0.2) is 4.39 Å². The quantitative estimate of drug-likeness (QED) is 0.825. The Labute approximate surface area is 118 Å². The van der Waals surface area contributed by atoms with Gasteiger partial charge in [-0.1, -0.05) is 30.3 Å². The lowest BCUT2D eigenvalue weighted by Gasteiger charge is -2.37. The third-order valence-electron chi connectivity index (χ3n) is 4.53. The fourth-order valence-electron chi connectivity index (χ4n) is 3.60. The second-order valence-corrected chi connectivity index (χ2v) is 5.65. The van der Waals surface area contributed by atoms with Gasteiger partial charge in [-0.2, -0.15) is 0 Å². The minimum absolute atomic E-state index is 0.175. The molecule has 4 rings (SSSR count). The first-order valence-corrected chi connectivity index (χ1v) is 7.17. The van der Waals surface area contributed by atoms with E-state index in [4.69, 9.17) is 0 Å². The van der Waals surface area contributed by atoms with Crippen LogP contribution in [-0.2, 0) is 0 Å². The lowest BCUT2D eigenvalue weighted by Crippen LogP contribution is -2.32. The monoisotopic (exact) mass is 268 g/mol. The number of halogens is 1. The van der Waals surface area contributed by atoms with Crippen LogP contribution in [0.4, 0.5) is 10.1 Å². The molecule has 3 heteroatoms. The summed E-state index contributed by atoms with van der Waals surface area (Å²) in [5.41, 5.74) is 3.71. The van der Waals surface area contributed by atoms with E-state index in [0.717, 1.165) is 13.0 Å². The van der Waals surface area contributed by atoms with Crippen LogP contribution in [0.25, 0.3) is 0 Å². The first-order valence-electron chi connectivity index (χ1n) is 7.17. The molecule has 2 aliphatic heterocycles. The molecule has 2 aromatic rings. The van der Waals surface area contributed by atoms with Gasteiger partial charge >= 0.3 is 0 Å². The Kier molecular flexibility index (Phi) is 2.74. The highest BCUT2D eigenvalue weighted by molar-refractivity contribution is 5.57. The van der Waals surface area contributed by atoms with Gasteiger partial charge in [0.1, 0.15) is 5.82 Å². The molecule has 1 fully saturated rings. The van der Waals surface area contributed by atoms with E-state index in [1.165, 1.54) is 16.8 Å². The maximum Gasteiger partial charge on any atom is 0.123 e. The fraction of sp³-hybridized carbons (Fsp3) is 0.294. The van der Waals surface area contributed by atoms with Crippen LogP contribution in [-0.4, -0.2) is 6.54 Å². The molecule has 0 amide bonds. The van der Waals surface area contributed by atoms with Gasteiger partial charge in [0.2, 0.25) is 0 Å². The predicted molar refractivity (Wildman–Crippen MR) is 78.1 cm³/mol. The Hall–Kier alpha value is -1.87. The van der Waals surface area contributed by atoms with E-state index in [9.17, 15) is 4.39 Å². The standard InChI is InChI=1S/C17H17FN2/c18-12-7-5-11(6-8-12)16-14-9-10-19-17(14)13-3-1-2-4-15(13)20-16/h1-8,14,16-17,19-20H,9-10H2/t14-,16-,17-/m0/s1. The van der Waals surface area contributed by atoms with E-state index in [0.29, 0.717) is 12.0 Å². The minimum Gasteiger partial charge on any atom is -0.378 e. The summed E-state index contributed by atoms with van der Waals surface area (Å²) in [5.74, 6) is 0.349. The first-order chi connectivity index (χ1) is 9.83. The van der Waals surface area contributed by atoms with E-state index in [1.807, 2.05) is 12.1 Å². The number of fused-ring (bicyclic) bond motifs is 3. The van der Waals surface area contributed by atoms with Gasteiger partial charge in [-0.05, 0) is 42.3 Å². The summed E-state index contributed by atoms with van der Waals surface area (Å²) in [5, 5.41) is 7.25. The molecule has 0 aliphatic carbocycles.